The number of aromatic nitrogens is 2. The van der Waals surface area contributed by atoms with E-state index in [9.17, 15) is 0 Å². The maximum Gasteiger partial charge on any atom is 0.0650 e. The molecule has 122 valence electrons. The minimum atomic E-state index is 1.03. The topological polar surface area (TPSA) is 56.3 Å². The molecule has 24 heavy (non-hydrogen) atoms. The van der Waals surface area contributed by atoms with Crippen LogP contribution >= 0.6 is 0 Å². The molecule has 0 unspecified atom stereocenters. The van der Waals surface area contributed by atoms with Crippen molar-refractivity contribution in [3.05, 3.63) is 60.1 Å². The summed E-state index contributed by atoms with van der Waals surface area (Å²) in [7, 11) is 0. The molecule has 0 aliphatic carbocycles. The first-order valence-electron chi connectivity index (χ1n) is 8.40. The van der Waals surface area contributed by atoms with Crippen LogP contribution in [0.3, 0.4) is 0 Å². The summed E-state index contributed by atoms with van der Waals surface area (Å²) in [6, 6.07) is 6.28. The Balaban J connectivity index is 1.72. The van der Waals surface area contributed by atoms with Crippen molar-refractivity contribution in [1.29, 1.82) is 0 Å². The largest absolute Gasteiger partial charge is 0.371 e. The Hall–Kier alpha value is -2.82. The molecule has 1 aromatic carbocycles. The third-order valence-corrected chi connectivity index (χ3v) is 4.67. The van der Waals surface area contributed by atoms with E-state index in [4.69, 9.17) is 0 Å². The van der Waals surface area contributed by atoms with Crippen LogP contribution in [0.1, 0.15) is 24.8 Å². The van der Waals surface area contributed by atoms with Crippen LogP contribution in [0.25, 0.3) is 16.5 Å². The van der Waals surface area contributed by atoms with Gasteiger partial charge in [0.1, 0.15) is 0 Å². The molecule has 4 rings (SSSR count). The molecule has 0 saturated carbocycles. The molecule has 1 aromatic heterocycles. The maximum atomic E-state index is 4.39. The lowest BCUT2D eigenvalue weighted by atomic mass is 9.94. The standard InChI is InChI=1S/C19H21N5/c1-14-17(15-5-6-18-16(11-15)12-22-23-18)13-21-20-8-7-19(14)24-9-3-2-4-10-24/h5-8,11-13,21H,1-4,9-10H2,(H,22,23)/b17-13+,19-7+,20-8-. The van der Waals surface area contributed by atoms with E-state index in [1.807, 2.05) is 18.6 Å². The first-order valence-corrected chi connectivity index (χ1v) is 8.40. The summed E-state index contributed by atoms with van der Waals surface area (Å²) in [5.74, 6) is 0. The van der Waals surface area contributed by atoms with Crippen molar-refractivity contribution in [1.82, 2.24) is 20.5 Å². The highest BCUT2D eigenvalue weighted by Crippen LogP contribution is 2.32. The average Bonchev–Trinajstić information content (AvgIpc) is 3.07. The molecular weight excluding hydrogens is 298 g/mol. The number of piperidine rings is 1. The zero-order valence-corrected chi connectivity index (χ0v) is 13.6. The number of hydrazone groups is 1. The molecule has 2 aliphatic heterocycles. The number of hydrogen-bond acceptors (Lipinski definition) is 4. The minimum Gasteiger partial charge on any atom is -0.371 e. The Morgan fingerprint density at radius 1 is 1.12 bits per heavy atom. The summed E-state index contributed by atoms with van der Waals surface area (Å²) in [5.41, 5.74) is 8.39. The van der Waals surface area contributed by atoms with Crippen molar-refractivity contribution in [3.63, 3.8) is 0 Å². The predicted molar refractivity (Wildman–Crippen MR) is 98.3 cm³/mol. The summed E-state index contributed by atoms with van der Waals surface area (Å²) < 4.78 is 0. The van der Waals surface area contributed by atoms with Crippen LogP contribution in [0, 0.1) is 0 Å². The van der Waals surface area contributed by atoms with Gasteiger partial charge in [0, 0.05) is 47.7 Å². The number of hydrogen-bond donors (Lipinski definition) is 2. The highest BCUT2D eigenvalue weighted by atomic mass is 15.3. The van der Waals surface area contributed by atoms with E-state index < -0.39 is 0 Å². The first kappa shape index (κ1) is 14.8. The average molecular weight is 319 g/mol. The Labute approximate surface area is 141 Å². The number of aromatic amines is 1. The minimum absolute atomic E-state index is 1.03. The highest BCUT2D eigenvalue weighted by Gasteiger charge is 2.19. The van der Waals surface area contributed by atoms with Crippen LogP contribution in [-0.2, 0) is 0 Å². The van der Waals surface area contributed by atoms with Crippen molar-refractivity contribution in [2.75, 3.05) is 13.1 Å². The van der Waals surface area contributed by atoms with Crippen LogP contribution in [0.15, 0.2) is 59.6 Å². The van der Waals surface area contributed by atoms with Crippen molar-refractivity contribution in [3.8, 4) is 0 Å². The van der Waals surface area contributed by atoms with Crippen LogP contribution in [-0.4, -0.2) is 34.4 Å². The Kier molecular flexibility index (Phi) is 3.91. The third kappa shape index (κ3) is 2.73. The van der Waals surface area contributed by atoms with Crippen LogP contribution in [0.5, 0.6) is 0 Å². The van der Waals surface area contributed by atoms with Gasteiger partial charge in [-0.25, -0.2) is 0 Å². The second kappa shape index (κ2) is 6.35. The zero-order chi connectivity index (χ0) is 16.4. The smallest absolute Gasteiger partial charge is 0.0650 e. The number of allylic oxidation sites excluding steroid dienone is 2. The van der Waals surface area contributed by atoms with E-state index in [1.54, 1.807) is 0 Å². The van der Waals surface area contributed by atoms with E-state index in [0.717, 1.165) is 40.7 Å². The molecular formula is C19H21N5. The molecule has 1 saturated heterocycles. The molecule has 0 radical (unpaired) electrons. The van der Waals surface area contributed by atoms with Gasteiger partial charge in [0.25, 0.3) is 0 Å². The van der Waals surface area contributed by atoms with Gasteiger partial charge < -0.3 is 4.90 Å². The van der Waals surface area contributed by atoms with Gasteiger partial charge in [0.15, 0.2) is 0 Å². The predicted octanol–water partition coefficient (Wildman–Crippen LogP) is 3.42. The molecule has 0 bridgehead atoms. The molecule has 2 aliphatic rings. The number of rotatable bonds is 2. The summed E-state index contributed by atoms with van der Waals surface area (Å²) in [5, 5.41) is 12.4. The SMILES string of the molecule is C=C1/C(c2ccc3[nH]ncc3c2)=C\N/N=C\C=C/1N1CCCCC1. The van der Waals surface area contributed by atoms with Crippen molar-refractivity contribution >= 4 is 22.7 Å². The lowest BCUT2D eigenvalue weighted by molar-refractivity contribution is 0.291. The summed E-state index contributed by atoms with van der Waals surface area (Å²) in [6.07, 6.45) is 11.4. The second-order valence-corrected chi connectivity index (χ2v) is 6.22. The third-order valence-electron chi connectivity index (χ3n) is 4.67. The van der Waals surface area contributed by atoms with Gasteiger partial charge in [0.2, 0.25) is 0 Å². The molecule has 0 spiro atoms. The van der Waals surface area contributed by atoms with Crippen LogP contribution in [0.2, 0.25) is 0 Å². The number of benzene rings is 1. The molecule has 0 atom stereocenters. The van der Waals surface area contributed by atoms with Crippen molar-refractivity contribution in [2.24, 2.45) is 5.10 Å². The Morgan fingerprint density at radius 2 is 2.00 bits per heavy atom. The molecule has 5 heteroatoms. The zero-order valence-electron chi connectivity index (χ0n) is 13.6. The van der Waals surface area contributed by atoms with Crippen molar-refractivity contribution in [2.45, 2.75) is 19.3 Å². The monoisotopic (exact) mass is 319 g/mol. The first-order chi connectivity index (χ1) is 11.8. The van der Waals surface area contributed by atoms with E-state index in [2.05, 4.69) is 56.5 Å². The number of fused-ring (bicyclic) bond motifs is 1. The fourth-order valence-corrected chi connectivity index (χ4v) is 3.38. The summed E-state index contributed by atoms with van der Waals surface area (Å²) in [6.45, 7) is 6.56. The molecule has 3 heterocycles. The van der Waals surface area contributed by atoms with E-state index in [0.29, 0.717) is 0 Å². The molecule has 2 N–H and O–H groups in total. The highest BCUT2D eigenvalue weighted by molar-refractivity contribution is 5.90. The van der Waals surface area contributed by atoms with E-state index in [-0.39, 0.29) is 0 Å². The van der Waals surface area contributed by atoms with Gasteiger partial charge in [-0.3, -0.25) is 10.5 Å². The number of nitrogens with zero attached hydrogens (tertiary/aromatic N) is 3. The van der Waals surface area contributed by atoms with Gasteiger partial charge in [-0.05, 0) is 43.0 Å². The fraction of sp³-hybridized carbons (Fsp3) is 0.263. The van der Waals surface area contributed by atoms with Crippen LogP contribution < -0.4 is 5.43 Å². The second-order valence-electron chi connectivity index (χ2n) is 6.22. The van der Waals surface area contributed by atoms with E-state index >= 15 is 0 Å². The fourth-order valence-electron chi connectivity index (χ4n) is 3.38. The quantitative estimate of drug-likeness (QED) is 0.892. The van der Waals surface area contributed by atoms with Gasteiger partial charge in [-0.1, -0.05) is 12.6 Å². The maximum absolute atomic E-state index is 4.39. The number of H-pyrrole nitrogens is 1. The summed E-state index contributed by atoms with van der Waals surface area (Å²) in [4.78, 5) is 2.42. The van der Waals surface area contributed by atoms with E-state index in [1.165, 1.54) is 25.0 Å². The number of likely N-dealkylation sites (tertiary alicyclic amines) is 1. The van der Waals surface area contributed by atoms with Gasteiger partial charge in [0.05, 0.1) is 11.7 Å². The summed E-state index contributed by atoms with van der Waals surface area (Å²) >= 11 is 0. The lowest BCUT2D eigenvalue weighted by Crippen LogP contribution is -2.30. The van der Waals surface area contributed by atoms with Gasteiger partial charge in [-0.15, -0.1) is 0 Å². The van der Waals surface area contributed by atoms with Gasteiger partial charge >= 0.3 is 0 Å². The molecule has 2 aromatic rings. The lowest BCUT2D eigenvalue weighted by Gasteiger charge is -2.33. The Bertz CT molecular complexity index is 850. The number of nitrogens with one attached hydrogen (secondary N) is 2. The Morgan fingerprint density at radius 3 is 2.88 bits per heavy atom. The molecule has 5 nitrogen and oxygen atoms in total. The molecule has 0 amide bonds. The van der Waals surface area contributed by atoms with Crippen LogP contribution in [0.4, 0.5) is 0 Å². The van der Waals surface area contributed by atoms with Crippen molar-refractivity contribution < 1.29 is 0 Å². The van der Waals surface area contributed by atoms with Gasteiger partial charge in [-0.2, -0.15) is 10.2 Å². The normalized spacial score (nSPS) is 24.3. The molecule has 1 fully saturated rings.